The topological polar surface area (TPSA) is 61.6 Å². The van der Waals surface area contributed by atoms with E-state index in [1.165, 1.54) is 0 Å². The normalized spacial score (nSPS) is 23.8. The van der Waals surface area contributed by atoms with Crippen LogP contribution in [-0.2, 0) is 14.3 Å². The van der Waals surface area contributed by atoms with Crippen LogP contribution in [0.3, 0.4) is 0 Å². The van der Waals surface area contributed by atoms with Crippen LogP contribution in [0.2, 0.25) is 0 Å². The van der Waals surface area contributed by atoms with Crippen molar-refractivity contribution >= 4 is 5.91 Å². The highest BCUT2D eigenvalue weighted by Gasteiger charge is 2.17. The lowest BCUT2D eigenvalue weighted by Crippen LogP contribution is -2.30. The molecule has 2 N–H and O–H groups in total. The Bertz CT molecular complexity index is 122. The lowest BCUT2D eigenvalue weighted by atomic mass is 10.3. The molecule has 0 bridgehead atoms. The van der Waals surface area contributed by atoms with Crippen molar-refractivity contribution in [1.29, 1.82) is 0 Å². The highest BCUT2D eigenvalue weighted by atomic mass is 16.7. The van der Waals surface area contributed by atoms with E-state index in [0.717, 1.165) is 13.0 Å². The van der Waals surface area contributed by atoms with Gasteiger partial charge in [-0.2, -0.15) is 0 Å². The molecule has 1 atom stereocenters. The molecular weight excluding hydrogens is 134 g/mol. The number of carbonyl (C=O) groups is 1. The molecule has 1 amide bonds. The molecule has 0 aromatic heterocycles. The summed E-state index contributed by atoms with van der Waals surface area (Å²) in [5.74, 6) is -0.334. The first-order valence-corrected chi connectivity index (χ1v) is 3.30. The van der Waals surface area contributed by atoms with Crippen molar-refractivity contribution in [1.82, 2.24) is 0 Å². The van der Waals surface area contributed by atoms with Gasteiger partial charge in [0.25, 0.3) is 0 Å². The zero-order valence-corrected chi connectivity index (χ0v) is 5.71. The van der Waals surface area contributed by atoms with Crippen molar-refractivity contribution in [3.05, 3.63) is 0 Å². The first-order chi connectivity index (χ1) is 4.79. The van der Waals surface area contributed by atoms with Gasteiger partial charge >= 0.3 is 0 Å². The number of hydrogen-bond acceptors (Lipinski definition) is 3. The van der Waals surface area contributed by atoms with Crippen molar-refractivity contribution in [2.45, 2.75) is 19.1 Å². The van der Waals surface area contributed by atoms with Gasteiger partial charge < -0.3 is 15.2 Å². The summed E-state index contributed by atoms with van der Waals surface area (Å²) in [4.78, 5) is 10.2. The number of primary amides is 1. The van der Waals surface area contributed by atoms with Crippen LogP contribution in [-0.4, -0.2) is 25.4 Å². The van der Waals surface area contributed by atoms with Crippen LogP contribution in [0.4, 0.5) is 0 Å². The summed E-state index contributed by atoms with van der Waals surface area (Å²) < 4.78 is 10.0. The fourth-order valence-corrected chi connectivity index (χ4v) is 0.636. The van der Waals surface area contributed by atoms with Gasteiger partial charge in [0, 0.05) is 12.8 Å². The van der Waals surface area contributed by atoms with Gasteiger partial charge in [-0.05, 0) is 0 Å². The molecule has 1 heterocycles. The molecule has 4 heteroatoms. The molecule has 4 nitrogen and oxygen atoms in total. The Morgan fingerprint density at radius 3 is 2.90 bits per heavy atom. The molecular formula is C6H11NO3. The summed E-state index contributed by atoms with van der Waals surface area (Å²) in [6.45, 7) is 1.14. The molecule has 1 unspecified atom stereocenters. The van der Waals surface area contributed by atoms with E-state index in [2.05, 4.69) is 0 Å². The van der Waals surface area contributed by atoms with Gasteiger partial charge in [-0.1, -0.05) is 0 Å². The van der Waals surface area contributed by atoms with E-state index in [4.69, 9.17) is 15.2 Å². The zero-order valence-electron chi connectivity index (χ0n) is 5.71. The number of carbonyl (C=O) groups excluding carboxylic acids is 1. The Kier molecular flexibility index (Phi) is 2.65. The second-order valence-corrected chi connectivity index (χ2v) is 2.18. The van der Waals surface area contributed by atoms with Crippen LogP contribution in [0, 0.1) is 0 Å². The molecule has 58 valence electrons. The first kappa shape index (κ1) is 7.50. The van der Waals surface area contributed by atoms with Crippen LogP contribution in [0.1, 0.15) is 12.8 Å². The van der Waals surface area contributed by atoms with Crippen LogP contribution in [0.25, 0.3) is 0 Å². The van der Waals surface area contributed by atoms with Crippen LogP contribution >= 0.6 is 0 Å². The van der Waals surface area contributed by atoms with Crippen molar-refractivity contribution in [3.8, 4) is 0 Å². The molecule has 0 radical (unpaired) electrons. The highest BCUT2D eigenvalue weighted by Crippen LogP contribution is 2.11. The van der Waals surface area contributed by atoms with Crippen molar-refractivity contribution in [2.24, 2.45) is 5.73 Å². The second kappa shape index (κ2) is 3.53. The Labute approximate surface area is 59.3 Å². The molecule has 1 aliphatic rings. The summed E-state index contributed by atoms with van der Waals surface area (Å²) >= 11 is 0. The molecule has 0 aromatic carbocycles. The molecule has 1 rings (SSSR count). The van der Waals surface area contributed by atoms with E-state index in [-0.39, 0.29) is 18.6 Å². The molecule has 1 fully saturated rings. The lowest BCUT2D eigenvalue weighted by Gasteiger charge is -2.25. The van der Waals surface area contributed by atoms with Gasteiger partial charge in [0.2, 0.25) is 5.91 Å². The predicted molar refractivity (Wildman–Crippen MR) is 34.1 cm³/mol. The molecule has 1 aliphatic heterocycles. The number of nitrogens with two attached hydrogens (primary N) is 1. The minimum absolute atomic E-state index is 0.0839. The maximum absolute atomic E-state index is 10.2. The Hall–Kier alpha value is -0.610. The highest BCUT2D eigenvalue weighted by molar-refractivity contribution is 5.73. The van der Waals surface area contributed by atoms with E-state index < -0.39 is 0 Å². The van der Waals surface area contributed by atoms with Crippen LogP contribution < -0.4 is 5.73 Å². The minimum atomic E-state index is -0.334. The summed E-state index contributed by atoms with van der Waals surface area (Å²) in [7, 11) is 0. The lowest BCUT2D eigenvalue weighted by molar-refractivity contribution is -0.214. The molecule has 0 aromatic rings. The van der Waals surface area contributed by atoms with E-state index in [1.807, 2.05) is 0 Å². The summed E-state index contributed by atoms with van der Waals surface area (Å²) in [6, 6.07) is 0. The number of ether oxygens (including phenoxy) is 2. The zero-order chi connectivity index (χ0) is 7.40. The largest absolute Gasteiger partial charge is 0.370 e. The monoisotopic (exact) mass is 145 g/mol. The average Bonchev–Trinajstić information content (AvgIpc) is 1.75. The van der Waals surface area contributed by atoms with Crippen LogP contribution in [0.5, 0.6) is 0 Å². The Morgan fingerprint density at radius 1 is 1.80 bits per heavy atom. The van der Waals surface area contributed by atoms with E-state index >= 15 is 0 Å². The second-order valence-electron chi connectivity index (χ2n) is 2.18. The third kappa shape index (κ3) is 2.33. The first-order valence-electron chi connectivity index (χ1n) is 3.30. The summed E-state index contributed by atoms with van der Waals surface area (Å²) in [5.41, 5.74) is 4.88. The third-order valence-electron chi connectivity index (χ3n) is 1.31. The third-order valence-corrected chi connectivity index (χ3v) is 1.31. The quantitative estimate of drug-likeness (QED) is 0.586. The van der Waals surface area contributed by atoms with Crippen molar-refractivity contribution in [2.75, 3.05) is 13.2 Å². The van der Waals surface area contributed by atoms with Gasteiger partial charge in [-0.25, -0.2) is 0 Å². The van der Waals surface area contributed by atoms with Crippen molar-refractivity contribution < 1.29 is 14.3 Å². The molecule has 0 aliphatic carbocycles. The van der Waals surface area contributed by atoms with Gasteiger partial charge in [-0.3, -0.25) is 4.79 Å². The maximum Gasteiger partial charge on any atom is 0.219 e. The van der Waals surface area contributed by atoms with Crippen LogP contribution in [0.15, 0.2) is 0 Å². The summed E-state index contributed by atoms with van der Waals surface area (Å²) in [5, 5.41) is 0. The number of rotatable bonds is 4. The van der Waals surface area contributed by atoms with Gasteiger partial charge in [0.1, 0.15) is 0 Å². The summed E-state index contributed by atoms with van der Waals surface area (Å²) in [6.07, 6.45) is 1.12. The van der Waals surface area contributed by atoms with E-state index in [0.29, 0.717) is 6.61 Å². The minimum Gasteiger partial charge on any atom is -0.370 e. The molecule has 1 saturated heterocycles. The SMILES string of the molecule is NC(=O)CCOC1CCO1. The van der Waals surface area contributed by atoms with Gasteiger partial charge in [0.15, 0.2) is 6.29 Å². The van der Waals surface area contributed by atoms with E-state index in [1.54, 1.807) is 0 Å². The van der Waals surface area contributed by atoms with Gasteiger partial charge in [0.05, 0.1) is 13.2 Å². The van der Waals surface area contributed by atoms with Gasteiger partial charge in [-0.15, -0.1) is 0 Å². The Balaban J connectivity index is 1.89. The predicted octanol–water partition coefficient (Wildman–Crippen LogP) is -0.375. The molecule has 0 saturated carbocycles. The maximum atomic E-state index is 10.2. The fourth-order valence-electron chi connectivity index (χ4n) is 0.636. The fraction of sp³-hybridized carbons (Fsp3) is 0.833. The molecule has 0 spiro atoms. The van der Waals surface area contributed by atoms with E-state index in [9.17, 15) is 4.79 Å². The number of hydrogen-bond donors (Lipinski definition) is 1. The van der Waals surface area contributed by atoms with Crippen molar-refractivity contribution in [3.63, 3.8) is 0 Å². The average molecular weight is 145 g/mol. The Morgan fingerprint density at radius 2 is 2.50 bits per heavy atom. The smallest absolute Gasteiger partial charge is 0.219 e. The molecule has 10 heavy (non-hydrogen) atoms. The standard InChI is InChI=1S/C6H11NO3/c7-5(8)1-3-9-6-2-4-10-6/h6H,1-4H2,(H2,7,8). The number of amides is 1.